The summed E-state index contributed by atoms with van der Waals surface area (Å²) in [5, 5.41) is 15.0. The molecule has 0 radical (unpaired) electrons. The number of benzene rings is 1. The molecule has 1 heterocycles. The molecule has 7 nitrogen and oxygen atoms in total. The van der Waals surface area contributed by atoms with Crippen molar-refractivity contribution in [3.05, 3.63) is 35.4 Å². The Bertz CT molecular complexity index is 680. The Morgan fingerprint density at radius 3 is 2.18 bits per heavy atom. The maximum Gasteiger partial charge on any atom is 0.221 e. The van der Waals surface area contributed by atoms with Gasteiger partial charge in [0.05, 0.1) is 0 Å². The van der Waals surface area contributed by atoms with E-state index in [1.807, 2.05) is 19.1 Å². The molecule has 0 spiro atoms. The average molecular weight is 323 g/mol. The molecule has 0 fully saturated rings. The topological polar surface area (TPSA) is 95.6 Å². The SMILES string of the molecule is CCCNS(=O)(=O)C(C)(C)c1ccc(C2(C)N=NN=N2)cc1. The van der Waals surface area contributed by atoms with E-state index in [4.69, 9.17) is 0 Å². The standard InChI is InChI=1S/C14H21N5O2S/c1-5-10-15-22(20,21)13(2,3)11-6-8-12(9-7-11)14(4)16-18-19-17-14/h6-9,15H,5,10H2,1-4H3. The molecule has 0 bridgehead atoms. The zero-order chi connectivity index (χ0) is 16.4. The van der Waals surface area contributed by atoms with E-state index in [0.717, 1.165) is 12.0 Å². The van der Waals surface area contributed by atoms with E-state index >= 15 is 0 Å². The first-order chi connectivity index (χ1) is 10.2. The molecule has 1 aromatic carbocycles. The lowest BCUT2D eigenvalue weighted by Gasteiger charge is -2.26. The summed E-state index contributed by atoms with van der Waals surface area (Å²) in [6.07, 6.45) is 0.753. The van der Waals surface area contributed by atoms with Crippen LogP contribution in [-0.2, 0) is 20.4 Å². The summed E-state index contributed by atoms with van der Waals surface area (Å²) in [5.74, 6) is 0. The van der Waals surface area contributed by atoms with Gasteiger partial charge in [-0.25, -0.2) is 13.1 Å². The van der Waals surface area contributed by atoms with Gasteiger partial charge in [-0.3, -0.25) is 0 Å². The molecular formula is C14H21N5O2S. The maximum atomic E-state index is 12.4. The summed E-state index contributed by atoms with van der Waals surface area (Å²) in [6, 6.07) is 7.20. The molecule has 0 saturated heterocycles. The van der Waals surface area contributed by atoms with Gasteiger partial charge in [-0.2, -0.15) is 0 Å². The molecule has 0 saturated carbocycles. The molecule has 0 unspecified atom stereocenters. The highest BCUT2D eigenvalue weighted by atomic mass is 32.2. The minimum atomic E-state index is -3.46. The molecule has 0 aromatic heterocycles. The van der Waals surface area contributed by atoms with Gasteiger partial charge in [0, 0.05) is 12.1 Å². The van der Waals surface area contributed by atoms with Gasteiger partial charge in [0.15, 0.2) is 0 Å². The van der Waals surface area contributed by atoms with Crippen LogP contribution in [0.5, 0.6) is 0 Å². The molecule has 0 aliphatic carbocycles. The molecular weight excluding hydrogens is 302 g/mol. The van der Waals surface area contributed by atoms with E-state index in [1.54, 1.807) is 32.9 Å². The van der Waals surface area contributed by atoms with Crippen LogP contribution in [0.1, 0.15) is 45.2 Å². The zero-order valence-electron chi connectivity index (χ0n) is 13.2. The van der Waals surface area contributed by atoms with Gasteiger partial charge >= 0.3 is 0 Å². The first-order valence-corrected chi connectivity index (χ1v) is 8.65. The van der Waals surface area contributed by atoms with Crippen molar-refractivity contribution in [1.29, 1.82) is 0 Å². The van der Waals surface area contributed by atoms with E-state index < -0.39 is 20.4 Å². The lowest BCUT2D eigenvalue weighted by molar-refractivity contribution is 0.517. The van der Waals surface area contributed by atoms with Crippen LogP contribution in [0.4, 0.5) is 0 Å². The first kappa shape index (κ1) is 16.7. The fourth-order valence-corrected chi connectivity index (χ4v) is 3.39. The molecule has 1 aliphatic heterocycles. The van der Waals surface area contributed by atoms with Gasteiger partial charge in [-0.1, -0.05) is 31.2 Å². The summed E-state index contributed by atoms with van der Waals surface area (Å²) in [4.78, 5) is 0. The Morgan fingerprint density at radius 2 is 1.68 bits per heavy atom. The van der Waals surface area contributed by atoms with Crippen molar-refractivity contribution >= 4 is 10.0 Å². The van der Waals surface area contributed by atoms with Crippen LogP contribution in [0.25, 0.3) is 0 Å². The highest BCUT2D eigenvalue weighted by molar-refractivity contribution is 7.90. The van der Waals surface area contributed by atoms with Gasteiger partial charge in [-0.15, -0.1) is 10.2 Å². The largest absolute Gasteiger partial charge is 0.221 e. The Hall–Kier alpha value is -1.67. The molecule has 0 amide bonds. The predicted octanol–water partition coefficient (Wildman–Crippen LogP) is 3.26. The average Bonchev–Trinajstić information content (AvgIpc) is 2.93. The molecule has 22 heavy (non-hydrogen) atoms. The summed E-state index contributed by atoms with van der Waals surface area (Å²) >= 11 is 0. The van der Waals surface area contributed by atoms with Crippen LogP contribution < -0.4 is 4.72 Å². The fourth-order valence-electron chi connectivity index (χ4n) is 2.11. The number of nitrogens with one attached hydrogen (secondary N) is 1. The summed E-state index contributed by atoms with van der Waals surface area (Å²) in [5.41, 5.74) is 0.702. The molecule has 8 heteroatoms. The lowest BCUT2D eigenvalue weighted by atomic mass is 9.97. The third-order valence-corrected chi connectivity index (χ3v) is 6.02. The monoisotopic (exact) mass is 323 g/mol. The van der Waals surface area contributed by atoms with Gasteiger partial charge in [-0.05, 0) is 43.2 Å². The lowest BCUT2D eigenvalue weighted by Crippen LogP contribution is -2.40. The number of hydrogen-bond acceptors (Lipinski definition) is 6. The van der Waals surface area contributed by atoms with E-state index in [1.165, 1.54) is 0 Å². The molecule has 2 rings (SSSR count). The molecule has 0 atom stereocenters. The van der Waals surface area contributed by atoms with E-state index in [2.05, 4.69) is 25.4 Å². The normalized spacial score (nSPS) is 17.1. The minimum absolute atomic E-state index is 0.433. The Balaban J connectivity index is 2.30. The van der Waals surface area contributed by atoms with Crippen LogP contribution in [0, 0.1) is 0 Å². The zero-order valence-corrected chi connectivity index (χ0v) is 14.1. The quantitative estimate of drug-likeness (QED) is 0.869. The summed E-state index contributed by atoms with van der Waals surface area (Å²) in [7, 11) is -3.46. The second-order valence-corrected chi connectivity index (χ2v) is 8.20. The Kier molecular flexibility index (Phi) is 4.44. The third-order valence-electron chi connectivity index (χ3n) is 3.86. The summed E-state index contributed by atoms with van der Waals surface area (Å²) < 4.78 is 26.5. The van der Waals surface area contributed by atoms with Crippen LogP contribution in [0.3, 0.4) is 0 Å². The number of nitrogens with zero attached hydrogens (tertiary/aromatic N) is 4. The van der Waals surface area contributed by atoms with Crippen LogP contribution in [0.15, 0.2) is 44.9 Å². The van der Waals surface area contributed by atoms with Crippen molar-refractivity contribution in [2.24, 2.45) is 20.7 Å². The summed E-state index contributed by atoms with van der Waals surface area (Å²) in [6.45, 7) is 7.54. The molecule has 120 valence electrons. The van der Waals surface area contributed by atoms with Crippen LogP contribution >= 0.6 is 0 Å². The van der Waals surface area contributed by atoms with Crippen LogP contribution in [-0.4, -0.2) is 15.0 Å². The number of hydrogen-bond donors (Lipinski definition) is 1. The van der Waals surface area contributed by atoms with Crippen molar-refractivity contribution in [2.45, 2.75) is 44.5 Å². The minimum Gasteiger partial charge on any atom is -0.214 e. The number of sulfonamides is 1. The van der Waals surface area contributed by atoms with Crippen molar-refractivity contribution in [3.8, 4) is 0 Å². The van der Waals surface area contributed by atoms with Crippen molar-refractivity contribution < 1.29 is 8.42 Å². The van der Waals surface area contributed by atoms with Crippen molar-refractivity contribution in [3.63, 3.8) is 0 Å². The van der Waals surface area contributed by atoms with Gasteiger partial charge in [0.25, 0.3) is 0 Å². The van der Waals surface area contributed by atoms with Gasteiger partial charge < -0.3 is 0 Å². The fraction of sp³-hybridized carbons (Fsp3) is 0.571. The van der Waals surface area contributed by atoms with E-state index in [9.17, 15) is 8.42 Å². The van der Waals surface area contributed by atoms with Gasteiger partial charge in [0.2, 0.25) is 15.7 Å². The maximum absolute atomic E-state index is 12.4. The number of rotatable bonds is 6. The smallest absolute Gasteiger partial charge is 0.214 e. The second-order valence-electron chi connectivity index (χ2n) is 5.89. The van der Waals surface area contributed by atoms with E-state index in [-0.39, 0.29) is 0 Å². The third kappa shape index (κ3) is 2.93. The first-order valence-electron chi connectivity index (χ1n) is 7.17. The van der Waals surface area contributed by atoms with Gasteiger partial charge in [0.1, 0.15) is 4.75 Å². The molecule has 1 aliphatic rings. The predicted molar refractivity (Wildman–Crippen MR) is 83.7 cm³/mol. The highest BCUT2D eigenvalue weighted by Crippen LogP contribution is 2.34. The van der Waals surface area contributed by atoms with E-state index in [0.29, 0.717) is 12.1 Å². The molecule has 1 N–H and O–H groups in total. The van der Waals surface area contributed by atoms with Crippen molar-refractivity contribution in [2.75, 3.05) is 6.54 Å². The molecule has 1 aromatic rings. The van der Waals surface area contributed by atoms with Crippen molar-refractivity contribution in [1.82, 2.24) is 4.72 Å². The Morgan fingerprint density at radius 1 is 1.14 bits per heavy atom. The Labute approximate surface area is 131 Å². The van der Waals surface area contributed by atoms with Crippen LogP contribution in [0.2, 0.25) is 0 Å². The second kappa shape index (κ2) is 5.85. The highest BCUT2D eigenvalue weighted by Gasteiger charge is 2.36.